The van der Waals surface area contributed by atoms with Crippen LogP contribution in [0.15, 0.2) is 50.5 Å². The first-order valence-electron chi connectivity index (χ1n) is 12.7. The SMILES string of the molecule is Cc1c(CC(=O)NCc2ccc(CC(=O)NNC(=O)[C@H](N)CC(C)C)cc2)c(=O)oc2cc(N)c(S(=O)(=O)O)cc12. The average molecular weight is 588 g/mol. The molecule has 3 rings (SSSR count). The molecule has 0 radical (unpaired) electrons. The Hall–Kier alpha value is -4.27. The summed E-state index contributed by atoms with van der Waals surface area (Å²) in [4.78, 5) is 48.7. The normalized spacial score (nSPS) is 12.2. The molecule has 14 heteroatoms. The third kappa shape index (κ3) is 8.36. The Kier molecular flexibility index (Phi) is 9.86. The zero-order chi connectivity index (χ0) is 30.5. The molecule has 1 aromatic heterocycles. The van der Waals surface area contributed by atoms with Gasteiger partial charge in [0.25, 0.3) is 16.0 Å². The van der Waals surface area contributed by atoms with Gasteiger partial charge in [0.15, 0.2) is 0 Å². The second-order valence-electron chi connectivity index (χ2n) is 10.1. The van der Waals surface area contributed by atoms with Crippen LogP contribution in [0, 0.1) is 12.8 Å². The van der Waals surface area contributed by atoms with Crippen LogP contribution in [0.2, 0.25) is 0 Å². The lowest BCUT2D eigenvalue weighted by Crippen LogP contribution is -2.50. The Morgan fingerprint density at radius 2 is 1.63 bits per heavy atom. The van der Waals surface area contributed by atoms with Crippen molar-refractivity contribution in [1.29, 1.82) is 0 Å². The van der Waals surface area contributed by atoms with Gasteiger partial charge >= 0.3 is 5.63 Å². The van der Waals surface area contributed by atoms with Crippen LogP contribution in [-0.4, -0.2) is 36.7 Å². The van der Waals surface area contributed by atoms with Crippen LogP contribution in [0.5, 0.6) is 0 Å². The first-order chi connectivity index (χ1) is 19.1. The fourth-order valence-corrected chi connectivity index (χ4v) is 4.75. The summed E-state index contributed by atoms with van der Waals surface area (Å²) in [6, 6.07) is 8.35. The van der Waals surface area contributed by atoms with E-state index in [0.717, 1.165) is 17.7 Å². The van der Waals surface area contributed by atoms with Crippen LogP contribution in [0.3, 0.4) is 0 Å². The minimum absolute atomic E-state index is 0.00824. The molecule has 0 bridgehead atoms. The van der Waals surface area contributed by atoms with E-state index in [1.165, 1.54) is 6.92 Å². The Bertz CT molecular complexity index is 1630. The van der Waals surface area contributed by atoms with Gasteiger partial charge < -0.3 is 21.2 Å². The lowest BCUT2D eigenvalue weighted by molar-refractivity contribution is -0.129. The summed E-state index contributed by atoms with van der Waals surface area (Å²) >= 11 is 0. The van der Waals surface area contributed by atoms with Gasteiger partial charge in [-0.05, 0) is 42.0 Å². The summed E-state index contributed by atoms with van der Waals surface area (Å²) in [6.45, 7) is 5.55. The molecule has 0 aliphatic rings. The van der Waals surface area contributed by atoms with Gasteiger partial charge in [-0.15, -0.1) is 0 Å². The highest BCUT2D eigenvalue weighted by molar-refractivity contribution is 7.86. The van der Waals surface area contributed by atoms with Crippen LogP contribution in [0.25, 0.3) is 11.0 Å². The smallest absolute Gasteiger partial charge is 0.340 e. The number of benzene rings is 2. The van der Waals surface area contributed by atoms with Crippen molar-refractivity contribution in [3.05, 3.63) is 69.1 Å². The predicted octanol–water partition coefficient (Wildman–Crippen LogP) is 0.853. The van der Waals surface area contributed by atoms with Crippen LogP contribution >= 0.6 is 0 Å². The number of anilines is 1. The Balaban J connectivity index is 1.58. The maximum atomic E-state index is 12.6. The second kappa shape index (κ2) is 12.9. The highest BCUT2D eigenvalue weighted by atomic mass is 32.2. The lowest BCUT2D eigenvalue weighted by Gasteiger charge is -2.14. The molecule has 220 valence electrons. The third-order valence-electron chi connectivity index (χ3n) is 6.30. The van der Waals surface area contributed by atoms with E-state index in [1.54, 1.807) is 24.3 Å². The molecule has 0 aliphatic heterocycles. The van der Waals surface area contributed by atoms with Crippen molar-refractivity contribution in [1.82, 2.24) is 16.2 Å². The number of rotatable bonds is 10. The molecule has 0 saturated carbocycles. The number of hydrogen-bond acceptors (Lipinski definition) is 9. The number of carbonyl (C=O) groups is 3. The topological polar surface area (TPSA) is 224 Å². The number of fused-ring (bicyclic) bond motifs is 1. The molecule has 1 heterocycles. The summed E-state index contributed by atoms with van der Waals surface area (Å²) in [5.74, 6) is -1.14. The number of hydrogen-bond donors (Lipinski definition) is 6. The molecule has 41 heavy (non-hydrogen) atoms. The quantitative estimate of drug-likeness (QED) is 0.0848. The number of nitrogen functional groups attached to an aromatic ring is 1. The van der Waals surface area contributed by atoms with Crippen molar-refractivity contribution >= 4 is 44.5 Å². The van der Waals surface area contributed by atoms with E-state index >= 15 is 0 Å². The van der Waals surface area contributed by atoms with Gasteiger partial charge in [-0.1, -0.05) is 38.1 Å². The van der Waals surface area contributed by atoms with Crippen LogP contribution in [0.1, 0.15) is 42.5 Å². The summed E-state index contributed by atoms with van der Waals surface area (Å²) in [7, 11) is -4.62. The maximum Gasteiger partial charge on any atom is 0.340 e. The molecule has 8 N–H and O–H groups in total. The minimum atomic E-state index is -4.62. The largest absolute Gasteiger partial charge is 0.422 e. The van der Waals surface area contributed by atoms with Gasteiger partial charge in [-0.2, -0.15) is 8.42 Å². The first kappa shape index (κ1) is 31.3. The van der Waals surface area contributed by atoms with Gasteiger partial charge in [0.1, 0.15) is 10.5 Å². The van der Waals surface area contributed by atoms with Crippen LogP contribution in [0.4, 0.5) is 5.69 Å². The maximum absolute atomic E-state index is 12.6. The first-order valence-corrected chi connectivity index (χ1v) is 14.1. The summed E-state index contributed by atoms with van der Waals surface area (Å²) in [6.07, 6.45) is 0.164. The van der Waals surface area contributed by atoms with E-state index in [4.69, 9.17) is 15.9 Å². The third-order valence-corrected chi connectivity index (χ3v) is 7.21. The molecular formula is C27H33N5O8S. The Morgan fingerprint density at radius 1 is 1.00 bits per heavy atom. The molecule has 0 saturated heterocycles. The van der Waals surface area contributed by atoms with E-state index in [9.17, 15) is 32.1 Å². The summed E-state index contributed by atoms with van der Waals surface area (Å²) in [5, 5.41) is 2.91. The molecule has 3 aromatic rings. The Labute approximate surface area is 236 Å². The predicted molar refractivity (Wildman–Crippen MR) is 151 cm³/mol. The number of carbonyl (C=O) groups excluding carboxylic acids is 3. The van der Waals surface area contributed by atoms with Crippen molar-refractivity contribution in [2.45, 2.75) is 57.5 Å². The molecule has 1 atom stereocenters. The monoisotopic (exact) mass is 587 g/mol. The number of nitrogens with two attached hydrogens (primary N) is 2. The summed E-state index contributed by atoms with van der Waals surface area (Å²) in [5.41, 5.74) is 16.8. The van der Waals surface area contributed by atoms with Crippen molar-refractivity contribution in [2.24, 2.45) is 11.7 Å². The fourth-order valence-electron chi connectivity index (χ4n) is 4.13. The standard InChI is InChI=1S/C27H33N5O8S/c1-14(2)8-21(29)26(35)32-31-25(34)9-16-4-6-17(7-5-16)13-30-24(33)11-19-15(3)18-10-23(41(37,38)39)20(28)12-22(18)40-27(19)36/h4-7,10,12,14,21H,8-9,11,13,28-29H2,1-3H3,(H,30,33)(H,31,34)(H,32,35)(H,37,38,39)/t21-/m1/s1. The Morgan fingerprint density at radius 3 is 2.24 bits per heavy atom. The van der Waals surface area contributed by atoms with Gasteiger partial charge in [-0.3, -0.25) is 29.8 Å². The number of amides is 3. The number of aryl methyl sites for hydroxylation is 1. The number of nitrogens with one attached hydrogen (secondary N) is 3. The van der Waals surface area contributed by atoms with Gasteiger partial charge in [0.2, 0.25) is 11.8 Å². The highest BCUT2D eigenvalue weighted by Crippen LogP contribution is 2.28. The van der Waals surface area contributed by atoms with Crippen molar-refractivity contribution in [3.8, 4) is 0 Å². The molecule has 2 aromatic carbocycles. The minimum Gasteiger partial charge on any atom is -0.422 e. The molecule has 3 amide bonds. The molecule has 0 fully saturated rings. The van der Waals surface area contributed by atoms with Crippen molar-refractivity contribution in [3.63, 3.8) is 0 Å². The average Bonchev–Trinajstić information content (AvgIpc) is 2.87. The lowest BCUT2D eigenvalue weighted by atomic mass is 10.0. The van der Waals surface area contributed by atoms with E-state index in [0.29, 0.717) is 17.5 Å². The van der Waals surface area contributed by atoms with E-state index in [2.05, 4.69) is 16.2 Å². The fraction of sp³-hybridized carbons (Fsp3) is 0.333. The molecule has 0 aliphatic carbocycles. The van der Waals surface area contributed by atoms with E-state index < -0.39 is 44.4 Å². The zero-order valence-electron chi connectivity index (χ0n) is 22.8. The van der Waals surface area contributed by atoms with Crippen LogP contribution in [-0.2, 0) is 43.9 Å². The van der Waals surface area contributed by atoms with Crippen LogP contribution < -0.4 is 33.3 Å². The summed E-state index contributed by atoms with van der Waals surface area (Å²) < 4.78 is 37.9. The molecule has 0 unspecified atom stereocenters. The van der Waals surface area contributed by atoms with Crippen molar-refractivity contribution in [2.75, 3.05) is 5.73 Å². The second-order valence-corrected chi connectivity index (χ2v) is 11.5. The molecule has 0 spiro atoms. The highest BCUT2D eigenvalue weighted by Gasteiger charge is 2.20. The van der Waals surface area contributed by atoms with E-state index in [-0.39, 0.29) is 47.5 Å². The number of hydrazine groups is 1. The molecule has 13 nitrogen and oxygen atoms in total. The van der Waals surface area contributed by atoms with E-state index in [1.807, 2.05) is 13.8 Å². The zero-order valence-corrected chi connectivity index (χ0v) is 23.6. The molecular weight excluding hydrogens is 554 g/mol. The van der Waals surface area contributed by atoms with Gasteiger partial charge in [0, 0.05) is 18.0 Å². The van der Waals surface area contributed by atoms with Gasteiger partial charge in [-0.25, -0.2) is 4.79 Å². The van der Waals surface area contributed by atoms with Crippen molar-refractivity contribution < 1.29 is 31.8 Å². The van der Waals surface area contributed by atoms with Gasteiger partial charge in [0.05, 0.1) is 30.1 Å².